The Balaban J connectivity index is 2.81. The van der Waals surface area contributed by atoms with Gasteiger partial charge < -0.3 is 10.6 Å². The Hall–Kier alpha value is -1.55. The van der Waals surface area contributed by atoms with E-state index < -0.39 is 0 Å². The van der Waals surface area contributed by atoms with Gasteiger partial charge in [-0.3, -0.25) is 9.59 Å². The quantitative estimate of drug-likeness (QED) is 0.847. The molecule has 2 N–H and O–H groups in total. The molecule has 0 saturated heterocycles. The van der Waals surface area contributed by atoms with E-state index in [1.807, 2.05) is 32.9 Å². The first-order valence-electron chi connectivity index (χ1n) is 7.07. The van der Waals surface area contributed by atoms with E-state index in [9.17, 15) is 9.59 Å². The predicted molar refractivity (Wildman–Crippen MR) is 85.1 cm³/mol. The van der Waals surface area contributed by atoms with Gasteiger partial charge in [-0.15, -0.1) is 0 Å². The number of amides is 2. The smallest absolute Gasteiger partial charge is 0.222 e. The lowest BCUT2D eigenvalue weighted by Crippen LogP contribution is -2.44. The van der Waals surface area contributed by atoms with E-state index in [1.165, 1.54) is 6.92 Å². The monoisotopic (exact) mass is 310 g/mol. The number of halogens is 1. The molecule has 0 heterocycles. The number of hydrogen-bond donors (Lipinski definition) is 2. The first-order chi connectivity index (χ1) is 9.73. The lowest BCUT2D eigenvalue weighted by molar-refractivity contribution is -0.124. The van der Waals surface area contributed by atoms with Crippen LogP contribution in [0.25, 0.3) is 0 Å². The largest absolute Gasteiger partial charge is 0.351 e. The van der Waals surface area contributed by atoms with E-state index in [2.05, 4.69) is 10.6 Å². The van der Waals surface area contributed by atoms with Crippen LogP contribution in [-0.4, -0.2) is 17.4 Å². The fourth-order valence-electron chi connectivity index (χ4n) is 1.89. The summed E-state index contributed by atoms with van der Waals surface area (Å²) in [4.78, 5) is 23.5. The van der Waals surface area contributed by atoms with Crippen molar-refractivity contribution in [1.29, 1.82) is 0 Å². The van der Waals surface area contributed by atoms with Crippen LogP contribution in [0.4, 0.5) is 0 Å². The number of benzene rings is 1. The topological polar surface area (TPSA) is 58.2 Å². The third-order valence-electron chi connectivity index (χ3n) is 3.40. The fourth-order valence-corrected chi connectivity index (χ4v) is 2.02. The van der Waals surface area contributed by atoms with Crippen molar-refractivity contribution in [2.24, 2.45) is 0 Å². The van der Waals surface area contributed by atoms with Gasteiger partial charge in [0.1, 0.15) is 0 Å². The molecule has 0 saturated carbocycles. The third kappa shape index (κ3) is 6.17. The zero-order valence-electron chi connectivity index (χ0n) is 13.0. The van der Waals surface area contributed by atoms with Gasteiger partial charge in [0.25, 0.3) is 0 Å². The molecule has 0 aromatic heterocycles. The Kier molecular flexibility index (Phi) is 6.21. The number of rotatable bonds is 6. The molecule has 0 aliphatic carbocycles. The van der Waals surface area contributed by atoms with Crippen LogP contribution in [0.1, 0.15) is 52.1 Å². The van der Waals surface area contributed by atoms with Gasteiger partial charge in [0, 0.05) is 17.5 Å². The maximum Gasteiger partial charge on any atom is 0.222 e. The van der Waals surface area contributed by atoms with E-state index in [0.29, 0.717) is 5.02 Å². The second-order valence-corrected chi connectivity index (χ2v) is 6.23. The lowest BCUT2D eigenvalue weighted by atomic mass is 9.99. The van der Waals surface area contributed by atoms with Crippen LogP contribution in [0.3, 0.4) is 0 Å². The number of carbonyl (C=O) groups excluding carboxylic acids is 2. The van der Waals surface area contributed by atoms with Gasteiger partial charge in [0.15, 0.2) is 0 Å². The summed E-state index contributed by atoms with van der Waals surface area (Å²) in [6, 6.07) is 6.79. The van der Waals surface area contributed by atoms with Gasteiger partial charge in [0.05, 0.1) is 12.5 Å². The second-order valence-electron chi connectivity index (χ2n) is 5.79. The van der Waals surface area contributed by atoms with Crippen molar-refractivity contribution in [2.45, 2.75) is 52.1 Å². The molecule has 21 heavy (non-hydrogen) atoms. The van der Waals surface area contributed by atoms with Crippen molar-refractivity contribution in [2.75, 3.05) is 0 Å². The molecule has 1 atom stereocenters. The summed E-state index contributed by atoms with van der Waals surface area (Å²) in [6.45, 7) is 7.41. The Morgan fingerprint density at radius 2 is 1.81 bits per heavy atom. The predicted octanol–water partition coefficient (Wildman–Crippen LogP) is 3.21. The molecule has 2 amide bonds. The molecule has 0 aliphatic heterocycles. The zero-order chi connectivity index (χ0) is 16.0. The van der Waals surface area contributed by atoms with E-state index in [-0.39, 0.29) is 29.8 Å². The van der Waals surface area contributed by atoms with Crippen molar-refractivity contribution in [3.05, 3.63) is 34.9 Å². The summed E-state index contributed by atoms with van der Waals surface area (Å²) in [7, 11) is 0. The van der Waals surface area contributed by atoms with Crippen LogP contribution in [-0.2, 0) is 9.59 Å². The van der Waals surface area contributed by atoms with Gasteiger partial charge in [-0.25, -0.2) is 0 Å². The van der Waals surface area contributed by atoms with Gasteiger partial charge >= 0.3 is 0 Å². The van der Waals surface area contributed by atoms with Crippen LogP contribution >= 0.6 is 11.6 Å². The maximum absolute atomic E-state index is 12.2. The highest BCUT2D eigenvalue weighted by Crippen LogP contribution is 2.20. The van der Waals surface area contributed by atoms with Crippen molar-refractivity contribution in [3.63, 3.8) is 0 Å². The summed E-state index contributed by atoms with van der Waals surface area (Å²) >= 11 is 5.87. The van der Waals surface area contributed by atoms with Crippen molar-refractivity contribution < 1.29 is 9.59 Å². The van der Waals surface area contributed by atoms with Gasteiger partial charge in [-0.2, -0.15) is 0 Å². The fraction of sp³-hybridized carbons (Fsp3) is 0.500. The average Bonchev–Trinajstić information content (AvgIpc) is 2.37. The normalized spacial score (nSPS) is 12.6. The molecule has 116 valence electrons. The molecule has 1 aromatic carbocycles. The highest BCUT2D eigenvalue weighted by atomic mass is 35.5. The van der Waals surface area contributed by atoms with Crippen LogP contribution in [0, 0.1) is 0 Å². The molecule has 0 fully saturated rings. The first-order valence-corrected chi connectivity index (χ1v) is 7.45. The SMILES string of the molecule is CCC(C)(C)NC(=O)CC(NC(C)=O)c1ccc(Cl)cc1. The minimum Gasteiger partial charge on any atom is -0.351 e. The van der Waals surface area contributed by atoms with Crippen LogP contribution < -0.4 is 10.6 Å². The summed E-state index contributed by atoms with van der Waals surface area (Å²) < 4.78 is 0. The molecular formula is C16H23ClN2O2. The highest BCUT2D eigenvalue weighted by molar-refractivity contribution is 6.30. The van der Waals surface area contributed by atoms with Crippen LogP contribution in [0.2, 0.25) is 5.02 Å². The second kappa shape index (κ2) is 7.46. The van der Waals surface area contributed by atoms with Gasteiger partial charge in [0.2, 0.25) is 11.8 Å². The minimum absolute atomic E-state index is 0.0875. The summed E-state index contributed by atoms with van der Waals surface area (Å²) in [5.74, 6) is -0.256. The van der Waals surface area contributed by atoms with Gasteiger partial charge in [-0.05, 0) is 38.0 Å². The molecule has 1 unspecified atom stereocenters. The molecule has 1 aromatic rings. The zero-order valence-corrected chi connectivity index (χ0v) is 13.8. The first kappa shape index (κ1) is 17.5. The van der Waals surface area contributed by atoms with Crippen molar-refractivity contribution >= 4 is 23.4 Å². The molecule has 0 bridgehead atoms. The standard InChI is InChI=1S/C16H23ClN2O2/c1-5-16(3,4)19-15(21)10-14(18-11(2)20)12-6-8-13(17)9-7-12/h6-9,14H,5,10H2,1-4H3,(H,18,20)(H,19,21). The summed E-state index contributed by atoms with van der Waals surface area (Å²) in [5, 5.41) is 6.40. The Bertz CT molecular complexity index is 498. The van der Waals surface area contributed by atoms with Crippen LogP contribution in [0.15, 0.2) is 24.3 Å². The maximum atomic E-state index is 12.2. The molecule has 5 heteroatoms. The Labute approximate surface area is 131 Å². The van der Waals surface area contributed by atoms with Gasteiger partial charge in [-0.1, -0.05) is 30.7 Å². The molecule has 0 spiro atoms. The molecular weight excluding hydrogens is 288 g/mol. The van der Waals surface area contributed by atoms with Crippen molar-refractivity contribution in [3.8, 4) is 0 Å². The number of hydrogen-bond acceptors (Lipinski definition) is 2. The third-order valence-corrected chi connectivity index (χ3v) is 3.65. The summed E-state index contributed by atoms with van der Waals surface area (Å²) in [6.07, 6.45) is 1.04. The molecule has 4 nitrogen and oxygen atoms in total. The minimum atomic E-state index is -0.354. The molecule has 0 radical (unpaired) electrons. The molecule has 1 rings (SSSR count). The Morgan fingerprint density at radius 1 is 1.24 bits per heavy atom. The van der Waals surface area contributed by atoms with E-state index in [0.717, 1.165) is 12.0 Å². The van der Waals surface area contributed by atoms with E-state index in [4.69, 9.17) is 11.6 Å². The number of nitrogens with one attached hydrogen (secondary N) is 2. The molecule has 0 aliphatic rings. The summed E-state index contributed by atoms with van der Waals surface area (Å²) in [5.41, 5.74) is 0.608. The van der Waals surface area contributed by atoms with E-state index >= 15 is 0 Å². The lowest BCUT2D eigenvalue weighted by Gasteiger charge is -2.26. The van der Waals surface area contributed by atoms with Crippen molar-refractivity contribution in [1.82, 2.24) is 10.6 Å². The Morgan fingerprint density at radius 3 is 2.29 bits per heavy atom. The number of carbonyl (C=O) groups is 2. The highest BCUT2D eigenvalue weighted by Gasteiger charge is 2.22. The average molecular weight is 311 g/mol. The van der Waals surface area contributed by atoms with Crippen LogP contribution in [0.5, 0.6) is 0 Å². The van der Waals surface area contributed by atoms with E-state index in [1.54, 1.807) is 12.1 Å².